The lowest BCUT2D eigenvalue weighted by Crippen LogP contribution is -2.50. The molecule has 0 atom stereocenters. The molecule has 4 fully saturated rings. The first-order valence-electron chi connectivity index (χ1n) is 7.81. The Morgan fingerprint density at radius 2 is 1.85 bits per heavy atom. The van der Waals surface area contributed by atoms with Crippen LogP contribution in [0.25, 0.3) is 0 Å². The van der Waals surface area contributed by atoms with E-state index in [-0.39, 0.29) is 11.4 Å². The van der Waals surface area contributed by atoms with Crippen LogP contribution in [-0.2, 0) is 23.3 Å². The molecule has 5 rings (SSSR count). The van der Waals surface area contributed by atoms with Gasteiger partial charge in [-0.15, -0.1) is 0 Å². The lowest BCUT2D eigenvalue weighted by molar-refractivity contribution is -0.671. The number of hydrogen-bond donors (Lipinski definition) is 0. The molecule has 0 aliphatic heterocycles. The van der Waals surface area contributed by atoms with E-state index in [0.29, 0.717) is 6.73 Å². The smallest absolute Gasteiger partial charge is 0.315 e. The summed E-state index contributed by atoms with van der Waals surface area (Å²) in [5.74, 6) is 2.43. The van der Waals surface area contributed by atoms with Crippen molar-refractivity contribution in [1.29, 1.82) is 0 Å². The molecule has 1 aromatic rings. The third-order valence-electron chi connectivity index (χ3n) is 5.64. The molecule has 0 aromatic carbocycles. The van der Waals surface area contributed by atoms with Gasteiger partial charge in [-0.2, -0.15) is 0 Å². The summed E-state index contributed by atoms with van der Waals surface area (Å²) >= 11 is 0. The Balaban J connectivity index is 1.45. The Bertz CT molecular complexity index is 499. The largest absolute Gasteiger partial charge is 0.424 e. The van der Waals surface area contributed by atoms with Gasteiger partial charge in [0, 0.05) is 0 Å². The van der Waals surface area contributed by atoms with Gasteiger partial charge in [-0.25, -0.2) is 9.13 Å². The monoisotopic (exact) mass is 275 g/mol. The second-order valence-corrected chi connectivity index (χ2v) is 7.35. The molecule has 0 amide bonds. The van der Waals surface area contributed by atoms with Crippen LogP contribution >= 0.6 is 0 Å². The van der Waals surface area contributed by atoms with Crippen LogP contribution in [-0.4, -0.2) is 10.5 Å². The van der Waals surface area contributed by atoms with Crippen molar-refractivity contribution in [3.8, 4) is 0 Å². The van der Waals surface area contributed by atoms with Gasteiger partial charge in [0.15, 0.2) is 0 Å². The fourth-order valence-corrected chi connectivity index (χ4v) is 5.22. The summed E-state index contributed by atoms with van der Waals surface area (Å²) in [5, 5.41) is 0. The summed E-state index contributed by atoms with van der Waals surface area (Å²) in [5.41, 5.74) is -0.135. The van der Waals surface area contributed by atoms with Crippen molar-refractivity contribution in [2.45, 2.75) is 45.3 Å². The Morgan fingerprint density at radius 3 is 2.35 bits per heavy atom. The summed E-state index contributed by atoms with van der Waals surface area (Å²) in [7, 11) is 1.97. The van der Waals surface area contributed by atoms with Crippen molar-refractivity contribution in [3.05, 3.63) is 18.7 Å². The topological polar surface area (TPSA) is 35.1 Å². The predicted molar refractivity (Wildman–Crippen MR) is 72.3 cm³/mol. The standard InChI is InChI=1S/C16H23N2O2/c1-17-2-3-18(10-17)11-20-15(19)16-7-12-4-13(8-16)6-14(5-12)9-16/h2-3,10,12-14H,4-9,11H2,1H3/q+1. The number of rotatable bonds is 3. The highest BCUT2D eigenvalue weighted by atomic mass is 16.5. The van der Waals surface area contributed by atoms with Gasteiger partial charge < -0.3 is 4.74 Å². The average molecular weight is 275 g/mol. The van der Waals surface area contributed by atoms with Gasteiger partial charge >= 0.3 is 5.97 Å². The molecule has 4 nitrogen and oxygen atoms in total. The molecule has 4 heteroatoms. The number of hydrogen-bond acceptors (Lipinski definition) is 2. The third kappa shape index (κ3) is 1.97. The van der Waals surface area contributed by atoms with E-state index in [0.717, 1.165) is 37.0 Å². The van der Waals surface area contributed by atoms with Gasteiger partial charge in [0.2, 0.25) is 13.1 Å². The molecule has 0 saturated heterocycles. The van der Waals surface area contributed by atoms with Crippen molar-refractivity contribution < 1.29 is 14.1 Å². The maximum Gasteiger partial charge on any atom is 0.315 e. The van der Waals surface area contributed by atoms with E-state index in [1.807, 2.05) is 34.9 Å². The number of aromatic nitrogens is 2. The fourth-order valence-electron chi connectivity index (χ4n) is 5.22. The van der Waals surface area contributed by atoms with E-state index in [4.69, 9.17) is 4.74 Å². The van der Waals surface area contributed by atoms with Gasteiger partial charge in [0.05, 0.1) is 12.5 Å². The highest BCUT2D eigenvalue weighted by Crippen LogP contribution is 2.60. The van der Waals surface area contributed by atoms with E-state index >= 15 is 0 Å². The summed E-state index contributed by atoms with van der Waals surface area (Å²) in [6, 6.07) is 0. The maximum absolute atomic E-state index is 12.6. The molecule has 1 heterocycles. The summed E-state index contributed by atoms with van der Waals surface area (Å²) in [6.45, 7) is 0.349. The van der Waals surface area contributed by atoms with Crippen molar-refractivity contribution in [2.24, 2.45) is 30.2 Å². The van der Waals surface area contributed by atoms with Crippen LogP contribution in [0, 0.1) is 23.2 Å². The first kappa shape index (κ1) is 12.4. The first-order chi connectivity index (χ1) is 9.63. The normalized spacial score (nSPS) is 38.1. The van der Waals surface area contributed by atoms with Crippen molar-refractivity contribution in [2.75, 3.05) is 0 Å². The van der Waals surface area contributed by atoms with Gasteiger partial charge in [-0.3, -0.25) is 4.79 Å². The molecule has 4 bridgehead atoms. The Labute approximate surface area is 119 Å². The van der Waals surface area contributed by atoms with Crippen molar-refractivity contribution >= 4 is 5.97 Å². The molecule has 0 N–H and O–H groups in total. The lowest BCUT2D eigenvalue weighted by Gasteiger charge is -2.55. The average Bonchev–Trinajstić information content (AvgIpc) is 2.80. The molecule has 0 unspecified atom stereocenters. The zero-order valence-corrected chi connectivity index (χ0v) is 12.1. The summed E-state index contributed by atoms with van der Waals surface area (Å²) < 4.78 is 9.51. The molecule has 108 valence electrons. The van der Waals surface area contributed by atoms with Crippen LogP contribution in [0.15, 0.2) is 18.7 Å². The summed E-state index contributed by atoms with van der Waals surface area (Å²) in [6.07, 6.45) is 13.2. The quantitative estimate of drug-likeness (QED) is 0.625. The van der Waals surface area contributed by atoms with E-state index in [1.54, 1.807) is 0 Å². The first-order valence-corrected chi connectivity index (χ1v) is 7.81. The minimum Gasteiger partial charge on any atom is -0.424 e. The summed E-state index contributed by atoms with van der Waals surface area (Å²) in [4.78, 5) is 12.6. The highest BCUT2D eigenvalue weighted by molar-refractivity contribution is 5.77. The van der Waals surface area contributed by atoms with Gasteiger partial charge in [-0.05, 0) is 56.3 Å². The van der Waals surface area contributed by atoms with Gasteiger partial charge in [0.1, 0.15) is 12.4 Å². The number of esters is 1. The van der Waals surface area contributed by atoms with Crippen LogP contribution in [0.1, 0.15) is 38.5 Å². The SMILES string of the molecule is C[n+]1ccn(COC(=O)C23CC4CC(CC(C4)C2)C3)c1. The molecular formula is C16H23N2O2+. The Kier molecular flexibility index (Phi) is 2.69. The zero-order chi connectivity index (χ0) is 13.7. The molecule has 0 spiro atoms. The van der Waals surface area contributed by atoms with Crippen LogP contribution in [0.5, 0.6) is 0 Å². The fraction of sp³-hybridized carbons (Fsp3) is 0.750. The molecule has 4 aliphatic carbocycles. The zero-order valence-electron chi connectivity index (χ0n) is 12.1. The van der Waals surface area contributed by atoms with E-state index < -0.39 is 0 Å². The second kappa shape index (κ2) is 4.34. The minimum absolute atomic E-state index is 0.0629. The van der Waals surface area contributed by atoms with Crippen molar-refractivity contribution in [3.63, 3.8) is 0 Å². The van der Waals surface area contributed by atoms with Crippen LogP contribution in [0.4, 0.5) is 0 Å². The third-order valence-corrected chi connectivity index (χ3v) is 5.64. The number of carbonyl (C=O) groups excluding carboxylic acids is 1. The predicted octanol–water partition coefficient (Wildman–Crippen LogP) is 2.03. The molecule has 0 radical (unpaired) electrons. The molecule has 4 saturated carbocycles. The minimum atomic E-state index is -0.135. The molecule has 20 heavy (non-hydrogen) atoms. The number of carbonyl (C=O) groups is 1. The number of ether oxygens (including phenoxy) is 1. The van der Waals surface area contributed by atoms with Crippen LogP contribution in [0.3, 0.4) is 0 Å². The number of nitrogens with zero attached hydrogens (tertiary/aromatic N) is 2. The molecule has 1 aromatic heterocycles. The number of aryl methyl sites for hydroxylation is 1. The molecular weight excluding hydrogens is 252 g/mol. The van der Waals surface area contributed by atoms with Gasteiger partial charge in [0.25, 0.3) is 0 Å². The van der Waals surface area contributed by atoms with E-state index in [9.17, 15) is 4.79 Å². The van der Waals surface area contributed by atoms with E-state index in [1.165, 1.54) is 19.3 Å². The lowest BCUT2D eigenvalue weighted by atomic mass is 9.49. The highest BCUT2D eigenvalue weighted by Gasteiger charge is 2.55. The van der Waals surface area contributed by atoms with Crippen LogP contribution < -0.4 is 4.57 Å². The Hall–Kier alpha value is -1.32. The van der Waals surface area contributed by atoms with Crippen molar-refractivity contribution in [1.82, 2.24) is 4.57 Å². The Morgan fingerprint density at radius 1 is 1.25 bits per heavy atom. The maximum atomic E-state index is 12.6. The van der Waals surface area contributed by atoms with E-state index in [2.05, 4.69) is 0 Å². The molecule has 4 aliphatic rings. The van der Waals surface area contributed by atoms with Crippen LogP contribution in [0.2, 0.25) is 0 Å². The number of imidazole rings is 1. The second-order valence-electron chi connectivity index (χ2n) is 7.35. The van der Waals surface area contributed by atoms with Gasteiger partial charge in [-0.1, -0.05) is 0 Å².